The van der Waals surface area contributed by atoms with Crippen LogP contribution < -0.4 is 5.56 Å². The molecule has 0 aliphatic heterocycles. The van der Waals surface area contributed by atoms with Gasteiger partial charge in [-0.2, -0.15) is 13.2 Å². The number of hydrogen-bond acceptors (Lipinski definition) is 1. The highest BCUT2D eigenvalue weighted by Crippen LogP contribution is 2.34. The number of rotatable bonds is 2. The minimum Gasteiger partial charge on any atom is -0.277 e. The molecular formula is C12H16BrF3N2O. The summed E-state index contributed by atoms with van der Waals surface area (Å²) < 4.78 is 39.2. The molecule has 0 bridgehead atoms. The van der Waals surface area contributed by atoms with Gasteiger partial charge in [0.2, 0.25) is 0 Å². The van der Waals surface area contributed by atoms with Crippen LogP contribution in [-0.2, 0) is 12.7 Å². The summed E-state index contributed by atoms with van der Waals surface area (Å²) in [6.07, 6.45) is -0.442. The lowest BCUT2D eigenvalue weighted by atomic mass is 9.83. The Morgan fingerprint density at radius 2 is 1.89 bits per heavy atom. The number of H-pyrrole nitrogens is 1. The summed E-state index contributed by atoms with van der Waals surface area (Å²) in [7, 11) is 0. The van der Waals surface area contributed by atoms with Gasteiger partial charge in [-0.05, 0) is 40.6 Å². The molecule has 2 rings (SSSR count). The van der Waals surface area contributed by atoms with E-state index < -0.39 is 17.3 Å². The van der Waals surface area contributed by atoms with Gasteiger partial charge in [0.05, 0.1) is 0 Å². The van der Waals surface area contributed by atoms with E-state index in [0.29, 0.717) is 18.4 Å². The molecule has 1 aliphatic rings. The highest BCUT2D eigenvalue weighted by molar-refractivity contribution is 9.10. The van der Waals surface area contributed by atoms with Crippen LogP contribution in [0.4, 0.5) is 13.2 Å². The first-order valence-electron chi connectivity index (χ1n) is 6.34. The minimum atomic E-state index is -4.63. The van der Waals surface area contributed by atoms with Gasteiger partial charge in [0.15, 0.2) is 5.56 Å². The molecule has 0 aromatic carbocycles. The average Bonchev–Trinajstić information content (AvgIpc) is 2.56. The smallest absolute Gasteiger partial charge is 0.277 e. The summed E-state index contributed by atoms with van der Waals surface area (Å²) in [4.78, 5) is 11.4. The van der Waals surface area contributed by atoms with Crippen molar-refractivity contribution in [2.24, 2.45) is 11.8 Å². The minimum absolute atomic E-state index is 0.191. The fraction of sp³-hybridized carbons (Fsp3) is 0.750. The number of halogens is 4. The van der Waals surface area contributed by atoms with Crippen LogP contribution in [0.25, 0.3) is 0 Å². The summed E-state index contributed by atoms with van der Waals surface area (Å²) in [6.45, 7) is 2.62. The lowest BCUT2D eigenvalue weighted by molar-refractivity contribution is -0.139. The zero-order chi connectivity index (χ0) is 14.2. The molecule has 0 atom stereocenters. The van der Waals surface area contributed by atoms with Crippen LogP contribution in [0.3, 0.4) is 0 Å². The van der Waals surface area contributed by atoms with Crippen molar-refractivity contribution in [2.45, 2.75) is 45.3 Å². The van der Waals surface area contributed by atoms with E-state index in [2.05, 4.69) is 28.0 Å². The molecule has 0 amide bonds. The van der Waals surface area contributed by atoms with Gasteiger partial charge in [-0.1, -0.05) is 19.8 Å². The Bertz CT molecular complexity index is 498. The zero-order valence-corrected chi connectivity index (χ0v) is 12.1. The first-order chi connectivity index (χ1) is 8.79. The maximum atomic E-state index is 12.7. The zero-order valence-electron chi connectivity index (χ0n) is 10.6. The van der Waals surface area contributed by atoms with Crippen LogP contribution in [0.5, 0.6) is 0 Å². The van der Waals surface area contributed by atoms with E-state index in [1.165, 1.54) is 4.68 Å². The van der Waals surface area contributed by atoms with Gasteiger partial charge in [-0.15, -0.1) is 0 Å². The third-order valence-corrected chi connectivity index (χ3v) is 4.59. The molecule has 1 saturated carbocycles. The highest BCUT2D eigenvalue weighted by atomic mass is 79.9. The van der Waals surface area contributed by atoms with E-state index in [0.717, 1.165) is 25.7 Å². The third kappa shape index (κ3) is 3.24. The predicted octanol–water partition coefficient (Wildman–Crippen LogP) is 3.78. The second kappa shape index (κ2) is 5.34. The van der Waals surface area contributed by atoms with E-state index in [-0.39, 0.29) is 4.60 Å². The lowest BCUT2D eigenvalue weighted by Crippen LogP contribution is -2.19. The second-order valence-electron chi connectivity index (χ2n) is 5.34. The molecule has 1 aromatic heterocycles. The average molecular weight is 341 g/mol. The van der Waals surface area contributed by atoms with Crippen LogP contribution in [0.15, 0.2) is 9.40 Å². The van der Waals surface area contributed by atoms with Gasteiger partial charge >= 0.3 is 6.18 Å². The van der Waals surface area contributed by atoms with Gasteiger partial charge in [-0.25, -0.2) is 0 Å². The topological polar surface area (TPSA) is 37.8 Å². The Morgan fingerprint density at radius 3 is 2.37 bits per heavy atom. The van der Waals surface area contributed by atoms with E-state index >= 15 is 0 Å². The van der Waals surface area contributed by atoms with E-state index in [1.807, 2.05) is 0 Å². The number of nitrogens with one attached hydrogen (secondary N) is 1. The molecule has 7 heteroatoms. The molecule has 0 saturated heterocycles. The number of aromatic amines is 1. The number of nitrogens with zero attached hydrogens (tertiary/aromatic N) is 1. The van der Waals surface area contributed by atoms with Crippen molar-refractivity contribution >= 4 is 15.9 Å². The molecule has 0 spiro atoms. The van der Waals surface area contributed by atoms with Crippen molar-refractivity contribution in [3.05, 3.63) is 20.5 Å². The van der Waals surface area contributed by atoms with E-state index in [9.17, 15) is 18.0 Å². The van der Waals surface area contributed by atoms with Crippen molar-refractivity contribution in [2.75, 3.05) is 0 Å². The van der Waals surface area contributed by atoms with E-state index in [4.69, 9.17) is 0 Å². The molecule has 1 fully saturated rings. The largest absolute Gasteiger partial charge is 0.424 e. The molecule has 1 aromatic rings. The Morgan fingerprint density at radius 1 is 1.32 bits per heavy atom. The molecule has 3 nitrogen and oxygen atoms in total. The fourth-order valence-corrected chi connectivity index (χ4v) is 3.24. The van der Waals surface area contributed by atoms with Crippen molar-refractivity contribution in [1.29, 1.82) is 0 Å². The van der Waals surface area contributed by atoms with Crippen LogP contribution in [0.2, 0.25) is 0 Å². The van der Waals surface area contributed by atoms with Crippen molar-refractivity contribution in [1.82, 2.24) is 9.78 Å². The van der Waals surface area contributed by atoms with Gasteiger partial charge < -0.3 is 0 Å². The molecular weight excluding hydrogens is 325 g/mol. The molecule has 19 heavy (non-hydrogen) atoms. The van der Waals surface area contributed by atoms with Crippen LogP contribution in [0.1, 0.15) is 38.2 Å². The van der Waals surface area contributed by atoms with Gasteiger partial charge in [0, 0.05) is 6.54 Å². The van der Waals surface area contributed by atoms with Crippen molar-refractivity contribution < 1.29 is 13.2 Å². The Hall–Kier alpha value is -0.720. The highest BCUT2D eigenvalue weighted by Gasteiger charge is 2.39. The second-order valence-corrected chi connectivity index (χ2v) is 6.09. The monoisotopic (exact) mass is 340 g/mol. The predicted molar refractivity (Wildman–Crippen MR) is 68.9 cm³/mol. The SMILES string of the molecule is CC1CCC(Cn2[nH]c(=O)c(C(F)(F)F)c2Br)CC1. The van der Waals surface area contributed by atoms with Crippen molar-refractivity contribution in [3.8, 4) is 0 Å². The maximum Gasteiger partial charge on any atom is 0.424 e. The quantitative estimate of drug-likeness (QED) is 0.873. The van der Waals surface area contributed by atoms with Crippen LogP contribution >= 0.6 is 15.9 Å². The number of hydrogen-bond donors (Lipinski definition) is 1. The first-order valence-corrected chi connectivity index (χ1v) is 7.14. The van der Waals surface area contributed by atoms with Crippen molar-refractivity contribution in [3.63, 3.8) is 0 Å². The molecule has 108 valence electrons. The lowest BCUT2D eigenvalue weighted by Gasteiger charge is -2.26. The molecule has 0 radical (unpaired) electrons. The summed E-state index contributed by atoms with van der Waals surface area (Å²) in [6, 6.07) is 0. The van der Waals surface area contributed by atoms with E-state index in [1.54, 1.807) is 0 Å². The van der Waals surface area contributed by atoms with Gasteiger partial charge in [0.1, 0.15) is 4.60 Å². The van der Waals surface area contributed by atoms with Gasteiger partial charge in [0.25, 0.3) is 5.56 Å². The third-order valence-electron chi connectivity index (χ3n) is 3.77. The maximum absolute atomic E-state index is 12.7. The molecule has 1 N–H and O–H groups in total. The Labute approximate surface area is 117 Å². The first kappa shape index (κ1) is 14.7. The summed E-state index contributed by atoms with van der Waals surface area (Å²) in [5, 5.41) is 2.27. The fourth-order valence-electron chi connectivity index (χ4n) is 2.60. The Kier molecular flexibility index (Phi) is 4.13. The number of alkyl halides is 3. The van der Waals surface area contributed by atoms with Crippen LogP contribution in [-0.4, -0.2) is 9.78 Å². The molecule has 0 unspecified atom stereocenters. The molecule has 1 heterocycles. The molecule has 1 aliphatic carbocycles. The summed E-state index contributed by atoms with van der Waals surface area (Å²) in [5.41, 5.74) is -2.22. The van der Waals surface area contributed by atoms with Gasteiger partial charge in [-0.3, -0.25) is 14.6 Å². The number of aromatic nitrogens is 2. The summed E-state index contributed by atoms with van der Waals surface area (Å²) >= 11 is 2.89. The summed E-state index contributed by atoms with van der Waals surface area (Å²) in [5.74, 6) is 1.02. The standard InChI is InChI=1S/C12H16BrF3N2O/c1-7-2-4-8(5-3-7)6-18-10(13)9(11(19)17-18)12(14,15)16/h7-8H,2-6H2,1H3,(H,17,19). The Balaban J connectivity index is 2.16. The normalized spacial score (nSPS) is 24.7. The van der Waals surface area contributed by atoms with Crippen LogP contribution in [0, 0.1) is 11.8 Å².